The SMILES string of the molecule is C1COC(CCCC2(CNC3CC3)CCCC2)C1. The van der Waals surface area contributed by atoms with Crippen LogP contribution in [-0.4, -0.2) is 25.3 Å². The van der Waals surface area contributed by atoms with Crippen molar-refractivity contribution in [1.82, 2.24) is 5.32 Å². The summed E-state index contributed by atoms with van der Waals surface area (Å²) in [5.41, 5.74) is 0.654. The molecule has 2 heteroatoms. The number of hydrogen-bond donors (Lipinski definition) is 1. The van der Waals surface area contributed by atoms with E-state index in [-0.39, 0.29) is 0 Å². The summed E-state index contributed by atoms with van der Waals surface area (Å²) < 4.78 is 5.74. The smallest absolute Gasteiger partial charge is 0.0576 e. The van der Waals surface area contributed by atoms with Crippen molar-refractivity contribution in [3.05, 3.63) is 0 Å². The van der Waals surface area contributed by atoms with Gasteiger partial charge in [0.25, 0.3) is 0 Å². The van der Waals surface area contributed by atoms with E-state index in [0.717, 1.165) is 12.6 Å². The normalized spacial score (nSPS) is 31.0. The van der Waals surface area contributed by atoms with E-state index >= 15 is 0 Å². The molecule has 1 aliphatic heterocycles. The third-order valence-electron chi connectivity index (χ3n) is 5.26. The van der Waals surface area contributed by atoms with E-state index in [0.29, 0.717) is 11.5 Å². The van der Waals surface area contributed by atoms with Crippen LogP contribution < -0.4 is 5.32 Å². The maximum absolute atomic E-state index is 5.74. The van der Waals surface area contributed by atoms with Crippen LogP contribution in [0, 0.1) is 5.41 Å². The molecule has 0 aromatic carbocycles. The van der Waals surface area contributed by atoms with Gasteiger partial charge >= 0.3 is 0 Å². The largest absolute Gasteiger partial charge is 0.378 e. The number of nitrogens with one attached hydrogen (secondary N) is 1. The average molecular weight is 251 g/mol. The summed E-state index contributed by atoms with van der Waals surface area (Å²) in [6, 6.07) is 0.876. The van der Waals surface area contributed by atoms with E-state index in [4.69, 9.17) is 4.74 Å². The van der Waals surface area contributed by atoms with Gasteiger partial charge in [-0.15, -0.1) is 0 Å². The van der Waals surface area contributed by atoms with Crippen LogP contribution in [0.2, 0.25) is 0 Å². The second-order valence-corrected chi connectivity index (χ2v) is 6.89. The lowest BCUT2D eigenvalue weighted by Gasteiger charge is -2.30. The molecule has 0 aromatic heterocycles. The Morgan fingerprint density at radius 1 is 1.06 bits per heavy atom. The van der Waals surface area contributed by atoms with Gasteiger partial charge in [-0.05, 0) is 56.8 Å². The Balaban J connectivity index is 1.40. The van der Waals surface area contributed by atoms with Crippen molar-refractivity contribution in [2.45, 2.75) is 82.8 Å². The fourth-order valence-electron chi connectivity index (χ4n) is 3.87. The first-order chi connectivity index (χ1) is 8.86. The minimum Gasteiger partial charge on any atom is -0.378 e. The van der Waals surface area contributed by atoms with Crippen LogP contribution in [0.3, 0.4) is 0 Å². The maximum Gasteiger partial charge on any atom is 0.0576 e. The molecule has 0 amide bonds. The lowest BCUT2D eigenvalue weighted by Crippen LogP contribution is -2.33. The summed E-state index contributed by atoms with van der Waals surface area (Å²) in [5.74, 6) is 0. The van der Waals surface area contributed by atoms with Crippen LogP contribution in [0.4, 0.5) is 0 Å². The van der Waals surface area contributed by atoms with Gasteiger partial charge in [0, 0.05) is 19.2 Å². The predicted octanol–water partition coefficient (Wildman–Crippen LogP) is 3.65. The van der Waals surface area contributed by atoms with E-state index in [1.54, 1.807) is 0 Å². The monoisotopic (exact) mass is 251 g/mol. The van der Waals surface area contributed by atoms with Crippen LogP contribution >= 0.6 is 0 Å². The summed E-state index contributed by atoms with van der Waals surface area (Å²) in [4.78, 5) is 0. The van der Waals surface area contributed by atoms with Crippen molar-refractivity contribution in [2.75, 3.05) is 13.2 Å². The average Bonchev–Trinajstić information content (AvgIpc) is 2.89. The molecular weight excluding hydrogens is 222 g/mol. The van der Waals surface area contributed by atoms with Gasteiger partial charge in [-0.1, -0.05) is 19.3 Å². The predicted molar refractivity (Wildman–Crippen MR) is 74.8 cm³/mol. The van der Waals surface area contributed by atoms with Crippen LogP contribution in [0.5, 0.6) is 0 Å². The Labute approximate surface area is 112 Å². The zero-order valence-corrected chi connectivity index (χ0v) is 11.8. The molecule has 3 aliphatic rings. The van der Waals surface area contributed by atoms with Crippen molar-refractivity contribution in [1.29, 1.82) is 0 Å². The molecule has 0 bridgehead atoms. The molecule has 104 valence electrons. The zero-order valence-electron chi connectivity index (χ0n) is 11.8. The third kappa shape index (κ3) is 3.48. The van der Waals surface area contributed by atoms with Crippen molar-refractivity contribution < 1.29 is 4.74 Å². The zero-order chi connectivity index (χ0) is 12.3. The number of hydrogen-bond acceptors (Lipinski definition) is 2. The van der Waals surface area contributed by atoms with E-state index in [1.165, 1.54) is 77.2 Å². The first-order valence-electron chi connectivity index (χ1n) is 8.21. The molecule has 3 rings (SSSR count). The molecular formula is C16H29NO. The van der Waals surface area contributed by atoms with Crippen molar-refractivity contribution in [2.24, 2.45) is 5.41 Å². The molecule has 0 radical (unpaired) electrons. The highest BCUT2D eigenvalue weighted by atomic mass is 16.5. The quantitative estimate of drug-likeness (QED) is 0.746. The third-order valence-corrected chi connectivity index (χ3v) is 5.26. The minimum atomic E-state index is 0.597. The fourth-order valence-corrected chi connectivity index (χ4v) is 3.87. The first-order valence-corrected chi connectivity index (χ1v) is 8.21. The summed E-state index contributed by atoms with van der Waals surface area (Å²) in [6.45, 7) is 2.31. The molecule has 2 aliphatic carbocycles. The maximum atomic E-state index is 5.74. The van der Waals surface area contributed by atoms with E-state index in [2.05, 4.69) is 5.32 Å². The minimum absolute atomic E-state index is 0.597. The Morgan fingerprint density at radius 3 is 2.56 bits per heavy atom. The second-order valence-electron chi connectivity index (χ2n) is 6.89. The lowest BCUT2D eigenvalue weighted by molar-refractivity contribution is 0.0971. The van der Waals surface area contributed by atoms with Gasteiger partial charge in [0.15, 0.2) is 0 Å². The standard InChI is InChI=1S/C16H29NO/c1-2-10-16(9-1,13-17-14-7-8-14)11-3-5-15-6-4-12-18-15/h14-15,17H,1-13H2. The van der Waals surface area contributed by atoms with E-state index in [1.807, 2.05) is 0 Å². The Kier molecular flexibility index (Phi) is 4.25. The second kappa shape index (κ2) is 5.92. The first kappa shape index (κ1) is 12.9. The van der Waals surface area contributed by atoms with Crippen molar-refractivity contribution in [3.8, 4) is 0 Å². The van der Waals surface area contributed by atoms with E-state index in [9.17, 15) is 0 Å². The molecule has 1 unspecified atom stereocenters. The van der Waals surface area contributed by atoms with Gasteiger partial charge in [0.2, 0.25) is 0 Å². The summed E-state index contributed by atoms with van der Waals surface area (Å²) in [5, 5.41) is 3.79. The number of ether oxygens (including phenoxy) is 1. The summed E-state index contributed by atoms with van der Waals surface area (Å²) in [7, 11) is 0. The van der Waals surface area contributed by atoms with Gasteiger partial charge in [-0.2, -0.15) is 0 Å². The van der Waals surface area contributed by atoms with Gasteiger partial charge in [0.1, 0.15) is 0 Å². The highest BCUT2D eigenvalue weighted by Gasteiger charge is 2.35. The molecule has 1 N–H and O–H groups in total. The highest BCUT2D eigenvalue weighted by Crippen LogP contribution is 2.42. The van der Waals surface area contributed by atoms with Gasteiger partial charge in [0.05, 0.1) is 6.10 Å². The molecule has 1 saturated heterocycles. The van der Waals surface area contributed by atoms with Crippen LogP contribution in [-0.2, 0) is 4.74 Å². The molecule has 18 heavy (non-hydrogen) atoms. The molecule has 0 spiro atoms. The lowest BCUT2D eigenvalue weighted by atomic mass is 9.80. The number of rotatable bonds is 7. The molecule has 1 atom stereocenters. The topological polar surface area (TPSA) is 21.3 Å². The summed E-state index contributed by atoms with van der Waals surface area (Å²) >= 11 is 0. The Hall–Kier alpha value is -0.0800. The van der Waals surface area contributed by atoms with Gasteiger partial charge in [-0.3, -0.25) is 0 Å². The van der Waals surface area contributed by atoms with E-state index < -0.39 is 0 Å². The Morgan fingerprint density at radius 2 is 1.89 bits per heavy atom. The van der Waals surface area contributed by atoms with Crippen LogP contribution in [0.15, 0.2) is 0 Å². The van der Waals surface area contributed by atoms with Gasteiger partial charge < -0.3 is 10.1 Å². The molecule has 3 fully saturated rings. The van der Waals surface area contributed by atoms with Gasteiger partial charge in [-0.25, -0.2) is 0 Å². The molecule has 1 heterocycles. The van der Waals surface area contributed by atoms with Crippen LogP contribution in [0.1, 0.15) is 70.6 Å². The fraction of sp³-hybridized carbons (Fsp3) is 1.00. The van der Waals surface area contributed by atoms with Crippen LogP contribution in [0.25, 0.3) is 0 Å². The van der Waals surface area contributed by atoms with Crippen molar-refractivity contribution in [3.63, 3.8) is 0 Å². The Bertz CT molecular complexity index is 250. The highest BCUT2D eigenvalue weighted by molar-refractivity contribution is 4.90. The molecule has 2 nitrogen and oxygen atoms in total. The molecule has 0 aromatic rings. The molecule has 2 saturated carbocycles. The summed E-state index contributed by atoms with van der Waals surface area (Å²) in [6.07, 6.45) is 16.0. The van der Waals surface area contributed by atoms with Crippen molar-refractivity contribution >= 4 is 0 Å².